The van der Waals surface area contributed by atoms with Gasteiger partial charge >= 0.3 is 5.97 Å². The van der Waals surface area contributed by atoms with E-state index >= 15 is 0 Å². The lowest BCUT2D eigenvalue weighted by atomic mass is 9.68. The van der Waals surface area contributed by atoms with Crippen LogP contribution in [-0.4, -0.2) is 28.3 Å². The number of hydrogen-bond donors (Lipinski definition) is 3. The van der Waals surface area contributed by atoms with Gasteiger partial charge in [-0.3, -0.25) is 4.79 Å². The van der Waals surface area contributed by atoms with Crippen molar-refractivity contribution in [3.05, 3.63) is 0 Å². The van der Waals surface area contributed by atoms with E-state index in [2.05, 4.69) is 0 Å². The Bertz CT molecular complexity index is 157. The maximum absolute atomic E-state index is 10.4. The smallest absolute Gasteiger partial charge is 0.324 e. The quantitative estimate of drug-likeness (QED) is 0.473. The van der Waals surface area contributed by atoms with Gasteiger partial charge in [-0.15, -0.1) is 0 Å². The third-order valence-corrected chi connectivity index (χ3v) is 2.25. The van der Waals surface area contributed by atoms with Gasteiger partial charge in [0.2, 0.25) is 0 Å². The first-order valence-electron chi connectivity index (χ1n) is 3.24. The maximum atomic E-state index is 10.4. The average molecular weight is 145 g/mol. The molecule has 0 amide bonds. The van der Waals surface area contributed by atoms with Gasteiger partial charge in [-0.25, -0.2) is 0 Å². The highest BCUT2D eigenvalue weighted by Crippen LogP contribution is 2.35. The van der Waals surface area contributed by atoms with Crippen molar-refractivity contribution < 1.29 is 15.0 Å². The van der Waals surface area contributed by atoms with E-state index in [1.807, 2.05) is 0 Å². The Kier molecular flexibility index (Phi) is 1.66. The molecular formula is C6H11NO3. The largest absolute Gasteiger partial charge is 0.480 e. The summed E-state index contributed by atoms with van der Waals surface area (Å²) >= 11 is 0. The van der Waals surface area contributed by atoms with Gasteiger partial charge in [0.25, 0.3) is 0 Å². The zero-order valence-electron chi connectivity index (χ0n) is 5.58. The monoisotopic (exact) mass is 145 g/mol. The fraction of sp³-hybridized carbons (Fsp3) is 0.833. The minimum absolute atomic E-state index is 0.122. The SMILES string of the molecule is N[C@]1(C(=O)O)CC[C@H]1CO. The third kappa shape index (κ3) is 0.803. The molecule has 1 rings (SSSR count). The summed E-state index contributed by atoms with van der Waals surface area (Å²) in [6.45, 7) is -0.122. The molecule has 2 atom stereocenters. The zero-order valence-corrected chi connectivity index (χ0v) is 5.58. The van der Waals surface area contributed by atoms with Crippen LogP contribution >= 0.6 is 0 Å². The van der Waals surface area contributed by atoms with Crippen molar-refractivity contribution in [2.24, 2.45) is 11.7 Å². The highest BCUT2D eigenvalue weighted by molar-refractivity contribution is 5.80. The predicted octanol–water partition coefficient (Wildman–Crippen LogP) is -0.829. The summed E-state index contributed by atoms with van der Waals surface area (Å²) in [5, 5.41) is 17.2. The van der Waals surface area contributed by atoms with Crippen LogP contribution in [0.4, 0.5) is 0 Å². The molecule has 1 aliphatic carbocycles. The van der Waals surface area contributed by atoms with Crippen LogP contribution in [0.2, 0.25) is 0 Å². The molecule has 0 radical (unpaired) electrons. The van der Waals surface area contributed by atoms with Crippen LogP contribution in [0.1, 0.15) is 12.8 Å². The summed E-state index contributed by atoms with van der Waals surface area (Å²) in [4.78, 5) is 10.4. The second-order valence-corrected chi connectivity index (χ2v) is 2.76. The van der Waals surface area contributed by atoms with E-state index in [-0.39, 0.29) is 12.5 Å². The first-order valence-corrected chi connectivity index (χ1v) is 3.24. The second-order valence-electron chi connectivity index (χ2n) is 2.76. The lowest BCUT2D eigenvalue weighted by Gasteiger charge is -2.41. The number of carbonyl (C=O) groups is 1. The van der Waals surface area contributed by atoms with Crippen molar-refractivity contribution in [1.82, 2.24) is 0 Å². The molecular weight excluding hydrogens is 134 g/mol. The van der Waals surface area contributed by atoms with Crippen molar-refractivity contribution in [3.63, 3.8) is 0 Å². The van der Waals surface area contributed by atoms with Gasteiger partial charge in [-0.1, -0.05) is 0 Å². The number of nitrogens with two attached hydrogens (primary N) is 1. The molecule has 0 unspecified atom stereocenters. The molecule has 10 heavy (non-hydrogen) atoms. The Morgan fingerprint density at radius 1 is 1.80 bits per heavy atom. The molecule has 4 nitrogen and oxygen atoms in total. The molecule has 0 bridgehead atoms. The van der Waals surface area contributed by atoms with Crippen LogP contribution in [0, 0.1) is 5.92 Å². The topological polar surface area (TPSA) is 83.6 Å². The molecule has 1 aliphatic rings. The summed E-state index contributed by atoms with van der Waals surface area (Å²) in [7, 11) is 0. The van der Waals surface area contributed by atoms with Crippen LogP contribution in [0.15, 0.2) is 0 Å². The molecule has 0 heterocycles. The van der Waals surface area contributed by atoms with Crippen LogP contribution < -0.4 is 5.73 Å². The highest BCUT2D eigenvalue weighted by Gasteiger charge is 2.49. The molecule has 0 saturated heterocycles. The van der Waals surface area contributed by atoms with E-state index in [1.54, 1.807) is 0 Å². The summed E-state index contributed by atoms with van der Waals surface area (Å²) in [6, 6.07) is 0. The van der Waals surface area contributed by atoms with Crippen molar-refractivity contribution in [2.75, 3.05) is 6.61 Å². The van der Waals surface area contributed by atoms with E-state index < -0.39 is 11.5 Å². The molecule has 1 fully saturated rings. The number of aliphatic hydroxyl groups excluding tert-OH is 1. The number of hydrogen-bond acceptors (Lipinski definition) is 3. The van der Waals surface area contributed by atoms with Gasteiger partial charge in [0.1, 0.15) is 5.54 Å². The number of aliphatic carboxylic acids is 1. The Hall–Kier alpha value is -0.610. The van der Waals surface area contributed by atoms with Crippen molar-refractivity contribution >= 4 is 5.97 Å². The zero-order chi connectivity index (χ0) is 7.78. The molecule has 0 spiro atoms. The predicted molar refractivity (Wildman–Crippen MR) is 34.4 cm³/mol. The second kappa shape index (κ2) is 2.21. The Labute approximate surface area is 58.6 Å². The molecule has 4 N–H and O–H groups in total. The van der Waals surface area contributed by atoms with Crippen molar-refractivity contribution in [3.8, 4) is 0 Å². The van der Waals surface area contributed by atoms with E-state index in [9.17, 15) is 4.79 Å². The summed E-state index contributed by atoms with van der Waals surface area (Å²) in [5.41, 5.74) is 4.30. The molecule has 0 aromatic carbocycles. The van der Waals surface area contributed by atoms with Gasteiger partial charge in [0.15, 0.2) is 0 Å². The minimum atomic E-state index is -1.14. The van der Waals surface area contributed by atoms with Gasteiger partial charge in [0.05, 0.1) is 0 Å². The fourth-order valence-electron chi connectivity index (χ4n) is 1.20. The maximum Gasteiger partial charge on any atom is 0.324 e. The van der Waals surface area contributed by atoms with Crippen LogP contribution in [0.25, 0.3) is 0 Å². The summed E-state index contributed by atoms with van der Waals surface area (Å²) in [6.07, 6.45) is 1.20. The lowest BCUT2D eigenvalue weighted by Crippen LogP contribution is -2.61. The number of rotatable bonds is 2. The van der Waals surface area contributed by atoms with E-state index in [0.717, 1.165) is 6.42 Å². The van der Waals surface area contributed by atoms with E-state index in [0.29, 0.717) is 6.42 Å². The van der Waals surface area contributed by atoms with Crippen LogP contribution in [-0.2, 0) is 4.79 Å². The molecule has 0 aromatic heterocycles. The highest BCUT2D eigenvalue weighted by atomic mass is 16.4. The van der Waals surface area contributed by atoms with Gasteiger partial charge < -0.3 is 15.9 Å². The Morgan fingerprint density at radius 2 is 2.40 bits per heavy atom. The minimum Gasteiger partial charge on any atom is -0.480 e. The third-order valence-electron chi connectivity index (χ3n) is 2.25. The number of carboxylic acid groups (broad SMARTS) is 1. The molecule has 0 aromatic rings. The van der Waals surface area contributed by atoms with E-state index in [1.165, 1.54) is 0 Å². The number of aliphatic hydroxyl groups is 1. The first kappa shape index (κ1) is 7.50. The van der Waals surface area contributed by atoms with Crippen LogP contribution in [0.5, 0.6) is 0 Å². The number of carboxylic acids is 1. The van der Waals surface area contributed by atoms with Crippen LogP contribution in [0.3, 0.4) is 0 Å². The average Bonchev–Trinajstić information content (AvgIpc) is 1.85. The first-order chi connectivity index (χ1) is 4.61. The standard InChI is InChI=1S/C6H11NO3/c7-6(5(9)10)2-1-4(6)3-8/h4,8H,1-3,7H2,(H,9,10)/t4-,6+/m0/s1. The summed E-state index contributed by atoms with van der Waals surface area (Å²) in [5.74, 6) is -1.25. The molecule has 1 saturated carbocycles. The lowest BCUT2D eigenvalue weighted by molar-refractivity contribution is -0.151. The van der Waals surface area contributed by atoms with E-state index in [4.69, 9.17) is 15.9 Å². The van der Waals surface area contributed by atoms with Gasteiger partial charge in [-0.2, -0.15) is 0 Å². The van der Waals surface area contributed by atoms with Crippen molar-refractivity contribution in [1.29, 1.82) is 0 Å². The normalized spacial score (nSPS) is 38.8. The van der Waals surface area contributed by atoms with Gasteiger partial charge in [0, 0.05) is 12.5 Å². The van der Waals surface area contributed by atoms with Gasteiger partial charge in [-0.05, 0) is 12.8 Å². The Balaban J connectivity index is 2.61. The summed E-state index contributed by atoms with van der Waals surface area (Å²) < 4.78 is 0. The fourth-order valence-corrected chi connectivity index (χ4v) is 1.20. The Morgan fingerprint density at radius 3 is 2.50 bits per heavy atom. The molecule has 0 aliphatic heterocycles. The molecule has 4 heteroatoms. The molecule has 58 valence electrons. The van der Waals surface area contributed by atoms with Crippen molar-refractivity contribution in [2.45, 2.75) is 18.4 Å².